The van der Waals surface area contributed by atoms with Crippen LogP contribution in [0, 0.1) is 10.8 Å². The van der Waals surface area contributed by atoms with E-state index in [1.807, 2.05) is 27.7 Å². The number of hydrogen-bond donors (Lipinski definition) is 2. The molecule has 0 fully saturated rings. The third kappa shape index (κ3) is 8.17. The Morgan fingerprint density at radius 1 is 1.00 bits per heavy atom. The lowest BCUT2D eigenvalue weighted by Gasteiger charge is -2.39. The molecule has 0 aliphatic heterocycles. The zero-order valence-electron chi connectivity index (χ0n) is 14.9. The van der Waals surface area contributed by atoms with Gasteiger partial charge in [0.15, 0.2) is 0 Å². The predicted molar refractivity (Wildman–Crippen MR) is 89.8 cm³/mol. The van der Waals surface area contributed by atoms with Crippen LogP contribution in [0.25, 0.3) is 0 Å². The minimum Gasteiger partial charge on any atom is -0.388 e. The topological polar surface area (TPSA) is 66.4 Å². The Kier molecular flexibility index (Phi) is 7.38. The highest BCUT2D eigenvalue weighted by Crippen LogP contribution is 2.32. The Bertz CT molecular complexity index is 404. The SMILES string of the molecule is CC[C@@](O)(CNS(=O)(=O)CCCCC(C)(C)C)C(C)(C)C. The summed E-state index contributed by atoms with van der Waals surface area (Å²) in [6.07, 6.45) is 3.10. The van der Waals surface area contributed by atoms with E-state index in [2.05, 4.69) is 25.5 Å². The second kappa shape index (κ2) is 7.42. The van der Waals surface area contributed by atoms with E-state index < -0.39 is 15.6 Å². The molecule has 0 spiro atoms. The molecule has 5 heteroatoms. The van der Waals surface area contributed by atoms with Crippen molar-refractivity contribution in [3.05, 3.63) is 0 Å². The van der Waals surface area contributed by atoms with Gasteiger partial charge in [0, 0.05) is 6.54 Å². The van der Waals surface area contributed by atoms with Crippen molar-refractivity contribution >= 4 is 10.0 Å². The second-order valence-electron chi connectivity index (χ2n) is 8.29. The molecule has 21 heavy (non-hydrogen) atoms. The first-order valence-corrected chi connectivity index (χ1v) is 9.57. The molecule has 0 aromatic carbocycles. The summed E-state index contributed by atoms with van der Waals surface area (Å²) in [5.41, 5.74) is -1.14. The Morgan fingerprint density at radius 2 is 1.52 bits per heavy atom. The molecule has 0 aliphatic rings. The van der Waals surface area contributed by atoms with Crippen LogP contribution in [0.15, 0.2) is 0 Å². The first-order valence-electron chi connectivity index (χ1n) is 7.92. The van der Waals surface area contributed by atoms with Gasteiger partial charge in [0.1, 0.15) is 0 Å². The molecule has 0 bridgehead atoms. The maximum atomic E-state index is 12.0. The van der Waals surface area contributed by atoms with Gasteiger partial charge in [-0.25, -0.2) is 13.1 Å². The molecule has 0 amide bonds. The van der Waals surface area contributed by atoms with Crippen LogP contribution in [0.5, 0.6) is 0 Å². The molecule has 0 radical (unpaired) electrons. The van der Waals surface area contributed by atoms with Crippen molar-refractivity contribution in [3.63, 3.8) is 0 Å². The lowest BCUT2D eigenvalue weighted by molar-refractivity contribution is -0.0552. The van der Waals surface area contributed by atoms with Crippen LogP contribution >= 0.6 is 0 Å². The third-order valence-corrected chi connectivity index (χ3v) is 5.57. The van der Waals surface area contributed by atoms with Gasteiger partial charge in [-0.1, -0.05) is 54.9 Å². The smallest absolute Gasteiger partial charge is 0.211 e. The second-order valence-corrected chi connectivity index (χ2v) is 10.2. The van der Waals surface area contributed by atoms with Gasteiger partial charge in [0.2, 0.25) is 10.0 Å². The van der Waals surface area contributed by atoms with Gasteiger partial charge in [0.05, 0.1) is 11.4 Å². The zero-order valence-corrected chi connectivity index (χ0v) is 15.7. The fourth-order valence-electron chi connectivity index (χ4n) is 2.17. The predicted octanol–water partition coefficient (Wildman–Crippen LogP) is 3.31. The largest absolute Gasteiger partial charge is 0.388 e. The first kappa shape index (κ1) is 20.9. The Balaban J connectivity index is 4.37. The number of hydrogen-bond acceptors (Lipinski definition) is 3. The molecule has 0 aliphatic carbocycles. The zero-order chi connectivity index (χ0) is 16.9. The number of aliphatic hydroxyl groups is 1. The monoisotopic (exact) mass is 321 g/mol. The summed E-state index contributed by atoms with van der Waals surface area (Å²) in [4.78, 5) is 0. The molecule has 0 saturated heterocycles. The minimum absolute atomic E-state index is 0.0780. The number of sulfonamides is 1. The van der Waals surface area contributed by atoms with Crippen LogP contribution in [0.3, 0.4) is 0 Å². The molecule has 0 aromatic heterocycles. The van der Waals surface area contributed by atoms with Crippen molar-refractivity contribution in [2.24, 2.45) is 10.8 Å². The molecule has 1 atom stereocenters. The number of unbranched alkanes of at least 4 members (excludes halogenated alkanes) is 1. The molecule has 0 heterocycles. The van der Waals surface area contributed by atoms with E-state index in [9.17, 15) is 13.5 Å². The summed E-state index contributed by atoms with van der Waals surface area (Å²) >= 11 is 0. The van der Waals surface area contributed by atoms with Crippen molar-refractivity contribution < 1.29 is 13.5 Å². The molecule has 0 unspecified atom stereocenters. The van der Waals surface area contributed by atoms with Crippen molar-refractivity contribution in [1.29, 1.82) is 0 Å². The quantitative estimate of drug-likeness (QED) is 0.674. The van der Waals surface area contributed by atoms with Crippen molar-refractivity contribution in [2.75, 3.05) is 12.3 Å². The van der Waals surface area contributed by atoms with Crippen molar-refractivity contribution in [1.82, 2.24) is 4.72 Å². The molecule has 0 aromatic rings. The highest BCUT2D eigenvalue weighted by Gasteiger charge is 2.38. The van der Waals surface area contributed by atoms with Gasteiger partial charge in [-0.2, -0.15) is 0 Å². The molecular formula is C16H35NO3S. The maximum Gasteiger partial charge on any atom is 0.211 e. The fraction of sp³-hybridized carbons (Fsp3) is 1.00. The van der Waals surface area contributed by atoms with Crippen LogP contribution in [0.2, 0.25) is 0 Å². The van der Waals surface area contributed by atoms with E-state index in [0.717, 1.165) is 12.8 Å². The summed E-state index contributed by atoms with van der Waals surface area (Å²) < 4.78 is 26.6. The van der Waals surface area contributed by atoms with Crippen LogP contribution in [-0.2, 0) is 10.0 Å². The van der Waals surface area contributed by atoms with Crippen LogP contribution < -0.4 is 4.72 Å². The number of rotatable bonds is 8. The first-order chi connectivity index (χ1) is 9.22. The summed E-state index contributed by atoms with van der Waals surface area (Å²) in [7, 11) is -3.31. The van der Waals surface area contributed by atoms with Crippen LogP contribution in [-0.4, -0.2) is 31.4 Å². The molecule has 128 valence electrons. The van der Waals surface area contributed by atoms with Crippen LogP contribution in [0.1, 0.15) is 74.1 Å². The van der Waals surface area contributed by atoms with Crippen LogP contribution in [0.4, 0.5) is 0 Å². The van der Waals surface area contributed by atoms with Gasteiger partial charge >= 0.3 is 0 Å². The van der Waals surface area contributed by atoms with Gasteiger partial charge in [-0.3, -0.25) is 0 Å². The molecule has 0 saturated carbocycles. The summed E-state index contributed by atoms with van der Waals surface area (Å²) in [6, 6.07) is 0. The standard InChI is InChI=1S/C16H35NO3S/c1-8-16(18,15(5,6)7)13-17-21(19,20)12-10-9-11-14(2,3)4/h17-18H,8-13H2,1-7H3/t16-/m1/s1. The minimum atomic E-state index is -3.31. The Labute approximate surface area is 131 Å². The van der Waals surface area contributed by atoms with Crippen molar-refractivity contribution in [2.45, 2.75) is 79.8 Å². The summed E-state index contributed by atoms with van der Waals surface area (Å²) in [5.74, 6) is 0.132. The highest BCUT2D eigenvalue weighted by atomic mass is 32.2. The van der Waals surface area contributed by atoms with Gasteiger partial charge in [-0.15, -0.1) is 0 Å². The van der Waals surface area contributed by atoms with E-state index in [4.69, 9.17) is 0 Å². The van der Waals surface area contributed by atoms with E-state index in [1.165, 1.54) is 0 Å². The number of nitrogens with one attached hydrogen (secondary N) is 1. The Hall–Kier alpha value is -0.130. The third-order valence-electron chi connectivity index (χ3n) is 4.16. The maximum absolute atomic E-state index is 12.0. The van der Waals surface area contributed by atoms with E-state index in [0.29, 0.717) is 12.8 Å². The molecular weight excluding hydrogens is 286 g/mol. The van der Waals surface area contributed by atoms with Gasteiger partial charge < -0.3 is 5.11 Å². The molecule has 2 N–H and O–H groups in total. The highest BCUT2D eigenvalue weighted by molar-refractivity contribution is 7.89. The average Bonchev–Trinajstić information content (AvgIpc) is 2.29. The van der Waals surface area contributed by atoms with Gasteiger partial charge in [0.25, 0.3) is 0 Å². The van der Waals surface area contributed by atoms with Crippen molar-refractivity contribution in [3.8, 4) is 0 Å². The average molecular weight is 322 g/mol. The fourth-order valence-corrected chi connectivity index (χ4v) is 3.36. The lowest BCUT2D eigenvalue weighted by atomic mass is 9.75. The molecule has 4 nitrogen and oxygen atoms in total. The van der Waals surface area contributed by atoms with E-state index in [1.54, 1.807) is 0 Å². The normalized spacial score (nSPS) is 16.8. The molecule has 0 rings (SSSR count). The van der Waals surface area contributed by atoms with E-state index >= 15 is 0 Å². The summed E-state index contributed by atoms with van der Waals surface area (Å²) in [6.45, 7) is 14.2. The Morgan fingerprint density at radius 3 is 1.90 bits per heavy atom. The van der Waals surface area contributed by atoms with E-state index in [-0.39, 0.29) is 23.1 Å². The lowest BCUT2D eigenvalue weighted by Crippen LogP contribution is -2.51. The van der Waals surface area contributed by atoms with Gasteiger partial charge in [-0.05, 0) is 30.1 Å². The summed E-state index contributed by atoms with van der Waals surface area (Å²) in [5, 5.41) is 10.6.